The lowest BCUT2D eigenvalue weighted by Gasteiger charge is -2.19. The highest BCUT2D eigenvalue weighted by Gasteiger charge is 2.41. The van der Waals surface area contributed by atoms with Crippen molar-refractivity contribution in [2.24, 2.45) is 0 Å². The summed E-state index contributed by atoms with van der Waals surface area (Å²) in [5.41, 5.74) is 5.05. The van der Waals surface area contributed by atoms with Crippen LogP contribution in [0.3, 0.4) is 0 Å². The van der Waals surface area contributed by atoms with E-state index in [0.29, 0.717) is 11.3 Å². The number of ether oxygens (including phenoxy) is 3. The van der Waals surface area contributed by atoms with Gasteiger partial charge in [-0.2, -0.15) is 4.98 Å². The highest BCUT2D eigenvalue weighted by atomic mass is 32.1. The molecule has 1 saturated heterocycles. The number of hydrogen-bond acceptors (Lipinski definition) is 10. The van der Waals surface area contributed by atoms with E-state index < -0.39 is 40.8 Å². The van der Waals surface area contributed by atoms with E-state index in [1.54, 1.807) is 0 Å². The first-order valence-electron chi connectivity index (χ1n) is 7.63. The van der Waals surface area contributed by atoms with Crippen LogP contribution in [0.25, 0.3) is 10.3 Å². The molecule has 2 aromatic heterocycles. The molecule has 0 aliphatic carbocycles. The Morgan fingerprint density at radius 3 is 2.77 bits per heavy atom. The Bertz CT molecular complexity index is 978. The second kappa shape index (κ2) is 6.88. The lowest BCUT2D eigenvalue weighted by Crippen LogP contribution is -2.30. The molecule has 3 rings (SSSR count). The first-order chi connectivity index (χ1) is 12.3. The van der Waals surface area contributed by atoms with Crippen LogP contribution in [0.4, 0.5) is 5.95 Å². The van der Waals surface area contributed by atoms with E-state index >= 15 is 0 Å². The SMILES string of the molecule is CC(=O)OCC1CC(OC(C)=O)C(n2c(=O)sc3c(=O)[nH]c(N)nc32)O1. The summed E-state index contributed by atoms with van der Waals surface area (Å²) in [5, 5.41) is 0. The Labute approximate surface area is 149 Å². The molecule has 0 spiro atoms. The molecule has 0 radical (unpaired) electrons. The summed E-state index contributed by atoms with van der Waals surface area (Å²) in [7, 11) is 0. The van der Waals surface area contributed by atoms with Gasteiger partial charge in [0, 0.05) is 20.3 Å². The van der Waals surface area contributed by atoms with Gasteiger partial charge < -0.3 is 19.9 Å². The molecule has 1 aliphatic rings. The van der Waals surface area contributed by atoms with Crippen molar-refractivity contribution in [3.63, 3.8) is 0 Å². The summed E-state index contributed by atoms with van der Waals surface area (Å²) in [6.07, 6.45) is -2.21. The molecule has 12 heteroatoms. The predicted molar refractivity (Wildman–Crippen MR) is 89.6 cm³/mol. The van der Waals surface area contributed by atoms with Crippen LogP contribution < -0.4 is 16.2 Å². The zero-order chi connectivity index (χ0) is 19.0. The molecule has 3 N–H and O–H groups in total. The maximum Gasteiger partial charge on any atom is 0.311 e. The van der Waals surface area contributed by atoms with Gasteiger partial charge in [0.15, 0.2) is 11.9 Å². The van der Waals surface area contributed by atoms with Gasteiger partial charge in [-0.3, -0.25) is 28.7 Å². The van der Waals surface area contributed by atoms with Crippen LogP contribution in [0, 0.1) is 0 Å². The number of H-pyrrole nitrogens is 1. The van der Waals surface area contributed by atoms with E-state index in [9.17, 15) is 19.2 Å². The molecule has 3 heterocycles. The molecular formula is C14H16N4O7S. The predicted octanol–water partition coefficient (Wildman–Crippen LogP) is -0.489. The lowest BCUT2D eigenvalue weighted by molar-refractivity contribution is -0.152. The number of carbonyl (C=O) groups is 2. The fraction of sp³-hybridized carbons (Fsp3) is 0.500. The number of esters is 2. The second-order valence-corrected chi connectivity index (χ2v) is 6.64. The van der Waals surface area contributed by atoms with Crippen LogP contribution in [0.2, 0.25) is 0 Å². The quantitative estimate of drug-likeness (QED) is 0.664. The Morgan fingerprint density at radius 1 is 1.38 bits per heavy atom. The van der Waals surface area contributed by atoms with Gasteiger partial charge >= 0.3 is 16.8 Å². The van der Waals surface area contributed by atoms with Crippen molar-refractivity contribution >= 4 is 39.6 Å². The minimum Gasteiger partial charge on any atom is -0.463 e. The molecule has 140 valence electrons. The van der Waals surface area contributed by atoms with Gasteiger partial charge in [-0.1, -0.05) is 11.3 Å². The minimum atomic E-state index is -1.02. The molecular weight excluding hydrogens is 368 g/mol. The second-order valence-electron chi connectivity index (χ2n) is 5.68. The number of aromatic nitrogens is 3. The zero-order valence-electron chi connectivity index (χ0n) is 13.9. The normalized spacial score (nSPS) is 22.5. The van der Waals surface area contributed by atoms with Crippen LogP contribution in [0.5, 0.6) is 0 Å². The van der Waals surface area contributed by atoms with Gasteiger partial charge in [-0.05, 0) is 0 Å². The Kier molecular flexibility index (Phi) is 4.78. The lowest BCUT2D eigenvalue weighted by atomic mass is 10.2. The van der Waals surface area contributed by atoms with Crippen molar-refractivity contribution in [2.75, 3.05) is 12.3 Å². The van der Waals surface area contributed by atoms with Gasteiger partial charge in [0.05, 0.1) is 6.10 Å². The zero-order valence-corrected chi connectivity index (χ0v) is 14.7. The number of nitrogen functional groups attached to an aromatic ring is 1. The highest BCUT2D eigenvalue weighted by Crippen LogP contribution is 2.33. The molecule has 26 heavy (non-hydrogen) atoms. The third kappa shape index (κ3) is 3.46. The third-order valence-corrected chi connectivity index (χ3v) is 4.62. The van der Waals surface area contributed by atoms with E-state index in [4.69, 9.17) is 19.9 Å². The van der Waals surface area contributed by atoms with Crippen LogP contribution in [-0.2, 0) is 23.8 Å². The summed E-state index contributed by atoms with van der Waals surface area (Å²) >= 11 is 0.681. The first kappa shape index (κ1) is 18.1. The standard InChI is InChI=1S/C14H16N4O7S/c1-5(19)23-4-7-3-8(24-6(2)20)12(25-7)18-10-9(26-14(18)22)11(21)17-13(15)16-10/h7-8,12H,3-4H2,1-2H3,(H3,15,16,17,21). The summed E-state index contributed by atoms with van der Waals surface area (Å²) in [5.74, 6) is -1.21. The van der Waals surface area contributed by atoms with E-state index in [1.165, 1.54) is 13.8 Å². The number of thiazole rings is 1. The Balaban J connectivity index is 2.02. The highest BCUT2D eigenvalue weighted by molar-refractivity contribution is 7.16. The van der Waals surface area contributed by atoms with Crippen LogP contribution in [0.1, 0.15) is 26.5 Å². The largest absolute Gasteiger partial charge is 0.463 e. The average Bonchev–Trinajstić information content (AvgIpc) is 3.05. The third-order valence-electron chi connectivity index (χ3n) is 3.68. The van der Waals surface area contributed by atoms with Crippen LogP contribution in [0.15, 0.2) is 9.59 Å². The number of rotatable bonds is 4. The maximum atomic E-state index is 12.4. The van der Waals surface area contributed by atoms with Gasteiger partial charge in [-0.15, -0.1) is 0 Å². The van der Waals surface area contributed by atoms with Gasteiger partial charge in [-0.25, -0.2) is 0 Å². The molecule has 0 saturated carbocycles. The Hall–Kier alpha value is -2.73. The summed E-state index contributed by atoms with van der Waals surface area (Å²) in [6, 6.07) is 0. The molecule has 1 aliphatic heterocycles. The van der Waals surface area contributed by atoms with Crippen molar-refractivity contribution in [1.82, 2.24) is 14.5 Å². The summed E-state index contributed by atoms with van der Waals surface area (Å²) in [4.78, 5) is 52.6. The molecule has 0 aromatic carbocycles. The first-order valence-corrected chi connectivity index (χ1v) is 8.44. The smallest absolute Gasteiger partial charge is 0.311 e. The number of fused-ring (bicyclic) bond motifs is 1. The topological polar surface area (TPSA) is 156 Å². The van der Waals surface area contributed by atoms with E-state index in [2.05, 4.69) is 9.97 Å². The number of nitrogens with two attached hydrogens (primary N) is 1. The maximum absolute atomic E-state index is 12.4. The Morgan fingerprint density at radius 2 is 2.12 bits per heavy atom. The van der Waals surface area contributed by atoms with Crippen molar-refractivity contribution < 1.29 is 23.8 Å². The molecule has 0 amide bonds. The van der Waals surface area contributed by atoms with Gasteiger partial charge in [0.2, 0.25) is 5.95 Å². The molecule has 1 fully saturated rings. The average molecular weight is 384 g/mol. The number of hydrogen-bond donors (Lipinski definition) is 2. The monoisotopic (exact) mass is 384 g/mol. The van der Waals surface area contributed by atoms with E-state index in [-0.39, 0.29) is 29.3 Å². The van der Waals surface area contributed by atoms with Crippen molar-refractivity contribution in [2.45, 2.75) is 38.7 Å². The fourth-order valence-corrected chi connectivity index (χ4v) is 3.59. The van der Waals surface area contributed by atoms with Crippen molar-refractivity contribution in [3.8, 4) is 0 Å². The van der Waals surface area contributed by atoms with E-state index in [0.717, 1.165) is 4.57 Å². The van der Waals surface area contributed by atoms with Gasteiger partial charge in [0.25, 0.3) is 5.56 Å². The van der Waals surface area contributed by atoms with E-state index in [1.807, 2.05) is 0 Å². The molecule has 11 nitrogen and oxygen atoms in total. The number of anilines is 1. The van der Waals surface area contributed by atoms with Crippen molar-refractivity contribution in [3.05, 3.63) is 20.0 Å². The number of nitrogens with zero attached hydrogens (tertiary/aromatic N) is 2. The molecule has 0 bridgehead atoms. The molecule has 3 atom stereocenters. The van der Waals surface area contributed by atoms with Crippen LogP contribution >= 0.6 is 11.3 Å². The molecule has 3 unspecified atom stereocenters. The van der Waals surface area contributed by atoms with Gasteiger partial charge in [0.1, 0.15) is 17.4 Å². The number of nitrogens with one attached hydrogen (secondary N) is 1. The fourth-order valence-electron chi connectivity index (χ4n) is 2.75. The van der Waals surface area contributed by atoms with Crippen molar-refractivity contribution in [1.29, 1.82) is 0 Å². The number of carbonyl (C=O) groups excluding carboxylic acids is 2. The number of aromatic amines is 1. The minimum absolute atomic E-state index is 0.0385. The molecule has 2 aromatic rings. The van der Waals surface area contributed by atoms with Crippen LogP contribution in [-0.4, -0.2) is 45.3 Å². The summed E-state index contributed by atoms with van der Waals surface area (Å²) in [6.45, 7) is 2.42. The summed E-state index contributed by atoms with van der Waals surface area (Å²) < 4.78 is 17.1.